The molecule has 0 N–H and O–H groups in total. The number of carbonyl (C=O) groups excluding carboxylic acids is 1. The highest BCUT2D eigenvalue weighted by molar-refractivity contribution is 6.03. The molecule has 0 aromatic heterocycles. The van der Waals surface area contributed by atoms with Gasteiger partial charge >= 0.3 is 5.97 Å². The van der Waals surface area contributed by atoms with Gasteiger partial charge in [0.15, 0.2) is 0 Å². The standard InChI is InChI=1S/C19H17NO4/c1-20-18(19(21)24-4)17(13-5-9-15(22-2)10-6-13)14-7-11-16(23-3)12-8-14/h5-12H,2-4H3. The van der Waals surface area contributed by atoms with E-state index in [-0.39, 0.29) is 5.70 Å². The van der Waals surface area contributed by atoms with E-state index in [4.69, 9.17) is 20.8 Å². The highest BCUT2D eigenvalue weighted by Crippen LogP contribution is 2.30. The molecule has 5 nitrogen and oxygen atoms in total. The van der Waals surface area contributed by atoms with Crippen molar-refractivity contribution in [1.82, 2.24) is 0 Å². The van der Waals surface area contributed by atoms with Gasteiger partial charge in [0.1, 0.15) is 11.5 Å². The Morgan fingerprint density at radius 1 is 0.833 bits per heavy atom. The Morgan fingerprint density at radius 3 is 1.54 bits per heavy atom. The van der Waals surface area contributed by atoms with Crippen molar-refractivity contribution >= 4 is 11.5 Å². The van der Waals surface area contributed by atoms with Crippen LogP contribution in [0.5, 0.6) is 11.5 Å². The Kier molecular flexibility index (Phi) is 5.58. The van der Waals surface area contributed by atoms with Crippen LogP contribution in [0.15, 0.2) is 54.2 Å². The van der Waals surface area contributed by atoms with Gasteiger partial charge in [0.25, 0.3) is 5.70 Å². The SMILES string of the molecule is [C-]#[N+]C(C(=O)OC)=C(c1ccc(OC)cc1)c1ccc(OC)cc1. The molecule has 0 saturated heterocycles. The van der Waals surface area contributed by atoms with Crippen LogP contribution in [0.3, 0.4) is 0 Å². The molecule has 0 aliphatic carbocycles. The maximum atomic E-state index is 12.0. The number of nitrogens with zero attached hydrogens (tertiary/aromatic N) is 1. The molecule has 0 spiro atoms. The largest absolute Gasteiger partial charge is 0.497 e. The molecule has 0 aliphatic heterocycles. The lowest BCUT2D eigenvalue weighted by atomic mass is 9.95. The molecule has 2 aromatic carbocycles. The van der Waals surface area contributed by atoms with Gasteiger partial charge in [-0.1, -0.05) is 24.3 Å². The maximum Gasteiger partial charge on any atom is 0.336 e. The van der Waals surface area contributed by atoms with E-state index in [1.54, 1.807) is 62.8 Å². The number of esters is 1. The molecule has 0 amide bonds. The van der Waals surface area contributed by atoms with Crippen LogP contribution in [0.1, 0.15) is 11.1 Å². The van der Waals surface area contributed by atoms with Crippen LogP contribution >= 0.6 is 0 Å². The van der Waals surface area contributed by atoms with Gasteiger partial charge in [-0.2, -0.15) is 0 Å². The molecule has 0 bridgehead atoms. The van der Waals surface area contributed by atoms with Crippen molar-refractivity contribution in [2.24, 2.45) is 0 Å². The average Bonchev–Trinajstić information content (AvgIpc) is 2.65. The zero-order valence-corrected chi connectivity index (χ0v) is 13.7. The second-order valence-corrected chi connectivity index (χ2v) is 4.78. The Balaban J connectivity index is 2.66. The van der Waals surface area contributed by atoms with Crippen LogP contribution in [-0.4, -0.2) is 27.3 Å². The zero-order chi connectivity index (χ0) is 17.5. The smallest absolute Gasteiger partial charge is 0.336 e. The summed E-state index contributed by atoms with van der Waals surface area (Å²) in [6.45, 7) is 7.40. The van der Waals surface area contributed by atoms with Crippen molar-refractivity contribution in [2.45, 2.75) is 0 Å². The zero-order valence-electron chi connectivity index (χ0n) is 13.7. The number of ether oxygens (including phenoxy) is 3. The third kappa shape index (κ3) is 3.55. The molecular formula is C19H17NO4. The number of rotatable bonds is 5. The molecule has 0 aliphatic rings. The van der Waals surface area contributed by atoms with Crippen LogP contribution in [0, 0.1) is 6.57 Å². The van der Waals surface area contributed by atoms with Crippen molar-refractivity contribution in [3.63, 3.8) is 0 Å². The average molecular weight is 323 g/mol. The Morgan fingerprint density at radius 2 is 1.25 bits per heavy atom. The first kappa shape index (κ1) is 17.1. The summed E-state index contributed by atoms with van der Waals surface area (Å²) in [7, 11) is 4.41. The van der Waals surface area contributed by atoms with Crippen LogP contribution in [-0.2, 0) is 9.53 Å². The van der Waals surface area contributed by atoms with E-state index >= 15 is 0 Å². The number of carbonyl (C=O) groups is 1. The first-order chi connectivity index (χ1) is 11.6. The van der Waals surface area contributed by atoms with Gasteiger partial charge in [0.2, 0.25) is 0 Å². The fourth-order valence-corrected chi connectivity index (χ4v) is 2.26. The second-order valence-electron chi connectivity index (χ2n) is 4.78. The molecule has 24 heavy (non-hydrogen) atoms. The predicted molar refractivity (Wildman–Crippen MR) is 90.6 cm³/mol. The summed E-state index contributed by atoms with van der Waals surface area (Å²) >= 11 is 0. The molecule has 0 heterocycles. The molecule has 0 radical (unpaired) electrons. The number of methoxy groups -OCH3 is 3. The topological polar surface area (TPSA) is 49.1 Å². The molecular weight excluding hydrogens is 306 g/mol. The fraction of sp³-hybridized carbons (Fsp3) is 0.158. The molecule has 2 aromatic rings. The van der Waals surface area contributed by atoms with Gasteiger partial charge in [-0.25, -0.2) is 4.85 Å². The van der Waals surface area contributed by atoms with Crippen molar-refractivity contribution in [3.8, 4) is 11.5 Å². The molecule has 122 valence electrons. The maximum absolute atomic E-state index is 12.0. The third-order valence-corrected chi connectivity index (χ3v) is 3.48. The summed E-state index contributed by atoms with van der Waals surface area (Å²) < 4.78 is 15.1. The molecule has 0 fully saturated rings. The highest BCUT2D eigenvalue weighted by atomic mass is 16.5. The quantitative estimate of drug-likeness (QED) is 0.480. The van der Waals surface area contributed by atoms with E-state index in [1.807, 2.05) is 0 Å². The number of benzene rings is 2. The molecule has 2 rings (SSSR count). The van der Waals surface area contributed by atoms with Crippen molar-refractivity contribution in [2.75, 3.05) is 21.3 Å². The first-order valence-corrected chi connectivity index (χ1v) is 7.13. The molecule has 0 atom stereocenters. The van der Waals surface area contributed by atoms with Crippen LogP contribution < -0.4 is 9.47 Å². The van der Waals surface area contributed by atoms with Crippen molar-refractivity contribution in [1.29, 1.82) is 0 Å². The lowest BCUT2D eigenvalue weighted by Crippen LogP contribution is -2.06. The van der Waals surface area contributed by atoms with E-state index in [0.29, 0.717) is 17.1 Å². The minimum atomic E-state index is -0.674. The lowest BCUT2D eigenvalue weighted by Gasteiger charge is -2.12. The fourth-order valence-electron chi connectivity index (χ4n) is 2.26. The summed E-state index contributed by atoms with van der Waals surface area (Å²) in [5.74, 6) is 0.706. The second kappa shape index (κ2) is 7.84. The summed E-state index contributed by atoms with van der Waals surface area (Å²) in [5.41, 5.74) is 1.87. The van der Waals surface area contributed by atoms with Gasteiger partial charge in [0, 0.05) is 5.57 Å². The third-order valence-electron chi connectivity index (χ3n) is 3.48. The van der Waals surface area contributed by atoms with Gasteiger partial charge in [0.05, 0.1) is 27.9 Å². The number of hydrogen-bond acceptors (Lipinski definition) is 4. The van der Waals surface area contributed by atoms with E-state index in [1.165, 1.54) is 7.11 Å². The highest BCUT2D eigenvalue weighted by Gasteiger charge is 2.20. The van der Waals surface area contributed by atoms with Gasteiger partial charge in [-0.05, 0) is 35.4 Å². The Hall–Kier alpha value is -3.26. The van der Waals surface area contributed by atoms with E-state index in [0.717, 1.165) is 11.1 Å². The summed E-state index contributed by atoms with van der Waals surface area (Å²) in [6, 6.07) is 14.3. The van der Waals surface area contributed by atoms with Crippen molar-refractivity contribution < 1.29 is 19.0 Å². The molecule has 0 saturated carbocycles. The van der Waals surface area contributed by atoms with Gasteiger partial charge in [-0.3, -0.25) is 4.79 Å². The molecule has 5 heteroatoms. The van der Waals surface area contributed by atoms with Crippen LogP contribution in [0.25, 0.3) is 10.4 Å². The van der Waals surface area contributed by atoms with Gasteiger partial charge in [-0.15, -0.1) is 0 Å². The first-order valence-electron chi connectivity index (χ1n) is 7.13. The van der Waals surface area contributed by atoms with E-state index in [2.05, 4.69) is 4.85 Å². The summed E-state index contributed by atoms with van der Waals surface area (Å²) in [6.07, 6.45) is 0. The minimum absolute atomic E-state index is 0.0761. The normalized spacial score (nSPS) is 9.58. The Labute approximate surface area is 140 Å². The van der Waals surface area contributed by atoms with Crippen LogP contribution in [0.2, 0.25) is 0 Å². The molecule has 0 unspecified atom stereocenters. The predicted octanol–water partition coefficient (Wildman–Crippen LogP) is 3.56. The van der Waals surface area contributed by atoms with E-state index < -0.39 is 5.97 Å². The summed E-state index contributed by atoms with van der Waals surface area (Å²) in [4.78, 5) is 15.4. The Bertz CT molecular complexity index is 734. The van der Waals surface area contributed by atoms with Gasteiger partial charge < -0.3 is 14.2 Å². The van der Waals surface area contributed by atoms with E-state index in [9.17, 15) is 4.79 Å². The minimum Gasteiger partial charge on any atom is -0.497 e. The summed E-state index contributed by atoms with van der Waals surface area (Å²) in [5, 5.41) is 0. The lowest BCUT2D eigenvalue weighted by molar-refractivity contribution is -0.135. The monoisotopic (exact) mass is 323 g/mol. The van der Waals surface area contributed by atoms with Crippen LogP contribution in [0.4, 0.5) is 0 Å². The number of hydrogen-bond donors (Lipinski definition) is 0. The van der Waals surface area contributed by atoms with Crippen molar-refractivity contribution in [3.05, 3.63) is 76.8 Å².